The van der Waals surface area contributed by atoms with Crippen molar-refractivity contribution >= 4 is 44.0 Å². The van der Waals surface area contributed by atoms with Gasteiger partial charge < -0.3 is 13.9 Å². The first-order valence-corrected chi connectivity index (χ1v) is 10.1. The number of pyridine rings is 1. The molecule has 0 unspecified atom stereocenters. The second-order valence-electron chi connectivity index (χ2n) is 6.88. The lowest BCUT2D eigenvalue weighted by Crippen LogP contribution is -2.17. The number of benzene rings is 2. The molecule has 0 amide bonds. The van der Waals surface area contributed by atoms with E-state index in [9.17, 15) is 22.8 Å². The summed E-state index contributed by atoms with van der Waals surface area (Å²) in [5.74, 6) is -1.57. The average molecular weight is 506 g/mol. The molecule has 4 rings (SSSR count). The molecule has 164 valence electrons. The zero-order chi connectivity index (χ0) is 23.2. The lowest BCUT2D eigenvalue weighted by Gasteiger charge is -2.11. The third kappa shape index (κ3) is 3.42. The zero-order valence-corrected chi connectivity index (χ0v) is 18.4. The van der Waals surface area contributed by atoms with Crippen molar-refractivity contribution < 1.29 is 32.2 Å². The first-order valence-electron chi connectivity index (χ1n) is 9.28. The Morgan fingerprint density at radius 1 is 0.938 bits per heavy atom. The number of aromatic nitrogens is 1. The summed E-state index contributed by atoms with van der Waals surface area (Å²) in [5, 5.41) is 0.822. The van der Waals surface area contributed by atoms with Crippen LogP contribution in [-0.4, -0.2) is 30.4 Å². The molecule has 2 aromatic carbocycles. The molecule has 0 aliphatic heterocycles. The minimum Gasteiger partial charge on any atom is -0.496 e. The van der Waals surface area contributed by atoms with Crippen LogP contribution in [-0.2, 0) is 10.9 Å². The maximum Gasteiger partial charge on any atom is 0.432 e. The van der Waals surface area contributed by atoms with Crippen molar-refractivity contribution in [2.75, 3.05) is 14.2 Å². The van der Waals surface area contributed by atoms with E-state index in [1.54, 1.807) is 30.3 Å². The van der Waals surface area contributed by atoms with Crippen molar-refractivity contribution in [1.82, 2.24) is 4.40 Å². The van der Waals surface area contributed by atoms with Gasteiger partial charge >= 0.3 is 12.1 Å². The van der Waals surface area contributed by atoms with Crippen LogP contribution in [0.2, 0.25) is 0 Å². The van der Waals surface area contributed by atoms with E-state index in [2.05, 4.69) is 20.7 Å². The third-order valence-electron chi connectivity index (χ3n) is 5.13. The number of nitrogens with zero attached hydrogens (tertiary/aromatic N) is 1. The standard InChI is InChI=1S/C23H15BrF3NO4/c1-31-16-5-3-4-15-14(16)10-11-28-19(15)17(20(29)12-6-8-13(24)9-7-12)18(22(30)32-2)21(28)23(25,26)27/h3-11H,1-2H3. The van der Waals surface area contributed by atoms with E-state index in [1.807, 2.05) is 0 Å². The molecule has 2 heterocycles. The van der Waals surface area contributed by atoms with Crippen LogP contribution >= 0.6 is 15.9 Å². The van der Waals surface area contributed by atoms with Crippen LogP contribution in [0.15, 0.2) is 59.2 Å². The summed E-state index contributed by atoms with van der Waals surface area (Å²) in [6, 6.07) is 12.4. The third-order valence-corrected chi connectivity index (χ3v) is 5.66. The largest absolute Gasteiger partial charge is 0.496 e. The lowest BCUT2D eigenvalue weighted by molar-refractivity contribution is -0.142. The number of methoxy groups -OCH3 is 2. The highest BCUT2D eigenvalue weighted by Gasteiger charge is 2.43. The number of rotatable bonds is 4. The normalized spacial score (nSPS) is 11.7. The van der Waals surface area contributed by atoms with Gasteiger partial charge in [0.05, 0.1) is 25.3 Å². The number of hydrogen-bond acceptors (Lipinski definition) is 4. The fourth-order valence-corrected chi connectivity index (χ4v) is 4.06. The van der Waals surface area contributed by atoms with Crippen LogP contribution in [0.1, 0.15) is 32.0 Å². The minimum atomic E-state index is -4.93. The van der Waals surface area contributed by atoms with Crippen molar-refractivity contribution in [3.8, 4) is 5.75 Å². The molecule has 0 atom stereocenters. The van der Waals surface area contributed by atoms with E-state index in [-0.39, 0.29) is 16.6 Å². The lowest BCUT2D eigenvalue weighted by atomic mass is 9.97. The van der Waals surface area contributed by atoms with Gasteiger partial charge in [0.2, 0.25) is 0 Å². The summed E-state index contributed by atoms with van der Waals surface area (Å²) >= 11 is 3.27. The van der Waals surface area contributed by atoms with Crippen LogP contribution in [0, 0.1) is 0 Å². The predicted octanol–water partition coefficient (Wildman–Crippen LogP) is 5.90. The number of esters is 1. The average Bonchev–Trinajstić information content (AvgIpc) is 3.14. The van der Waals surface area contributed by atoms with Crippen LogP contribution in [0.5, 0.6) is 5.75 Å². The van der Waals surface area contributed by atoms with Crippen molar-refractivity contribution in [3.05, 3.63) is 81.6 Å². The Balaban J connectivity index is 2.23. The van der Waals surface area contributed by atoms with Crippen LogP contribution in [0.3, 0.4) is 0 Å². The maximum absolute atomic E-state index is 14.2. The molecule has 0 aliphatic rings. The number of alkyl halides is 3. The van der Waals surface area contributed by atoms with E-state index >= 15 is 0 Å². The Labute approximate surface area is 188 Å². The number of ketones is 1. The topological polar surface area (TPSA) is 57.0 Å². The summed E-state index contributed by atoms with van der Waals surface area (Å²) in [6.45, 7) is 0. The number of carbonyl (C=O) groups excluding carboxylic acids is 2. The molecular formula is C23H15BrF3NO4. The Kier molecular flexibility index (Phi) is 5.46. The molecule has 0 saturated heterocycles. The summed E-state index contributed by atoms with van der Waals surface area (Å²) in [4.78, 5) is 26.1. The zero-order valence-electron chi connectivity index (χ0n) is 16.8. The predicted molar refractivity (Wildman–Crippen MR) is 115 cm³/mol. The highest BCUT2D eigenvalue weighted by molar-refractivity contribution is 9.10. The molecule has 0 spiro atoms. The highest BCUT2D eigenvalue weighted by atomic mass is 79.9. The maximum atomic E-state index is 14.2. The molecule has 2 aromatic heterocycles. The molecule has 0 N–H and O–H groups in total. The van der Waals surface area contributed by atoms with E-state index < -0.39 is 29.2 Å². The molecule has 0 saturated carbocycles. The van der Waals surface area contributed by atoms with E-state index in [0.29, 0.717) is 21.0 Å². The molecule has 9 heteroatoms. The first-order chi connectivity index (χ1) is 15.2. The van der Waals surface area contributed by atoms with Crippen molar-refractivity contribution in [3.63, 3.8) is 0 Å². The summed E-state index contributed by atoms with van der Waals surface area (Å²) in [5.41, 5.74) is -2.42. The Bertz CT molecular complexity index is 1370. The summed E-state index contributed by atoms with van der Waals surface area (Å²) < 4.78 is 54.1. The van der Waals surface area contributed by atoms with Gasteiger partial charge in [0.25, 0.3) is 0 Å². The van der Waals surface area contributed by atoms with Crippen molar-refractivity contribution in [2.24, 2.45) is 0 Å². The number of ether oxygens (including phenoxy) is 2. The smallest absolute Gasteiger partial charge is 0.432 e. The number of halogens is 4. The van der Waals surface area contributed by atoms with Gasteiger partial charge in [-0.3, -0.25) is 4.79 Å². The summed E-state index contributed by atoms with van der Waals surface area (Å²) in [6.07, 6.45) is -3.76. The molecule has 5 nitrogen and oxygen atoms in total. The minimum absolute atomic E-state index is 0.0537. The van der Waals surface area contributed by atoms with E-state index in [1.165, 1.54) is 31.5 Å². The van der Waals surface area contributed by atoms with E-state index in [0.717, 1.165) is 11.5 Å². The second kappa shape index (κ2) is 7.98. The van der Waals surface area contributed by atoms with Crippen molar-refractivity contribution in [1.29, 1.82) is 0 Å². The fraction of sp³-hybridized carbons (Fsp3) is 0.130. The van der Waals surface area contributed by atoms with Gasteiger partial charge in [0.1, 0.15) is 17.0 Å². The van der Waals surface area contributed by atoms with Gasteiger partial charge in [-0.25, -0.2) is 4.79 Å². The van der Waals surface area contributed by atoms with Crippen molar-refractivity contribution in [2.45, 2.75) is 6.18 Å². The number of hydrogen-bond donors (Lipinski definition) is 0. The van der Waals surface area contributed by atoms with Gasteiger partial charge in [0.15, 0.2) is 5.78 Å². The number of carbonyl (C=O) groups is 2. The van der Waals surface area contributed by atoms with Crippen LogP contribution < -0.4 is 4.74 Å². The SMILES string of the molecule is COC(=O)c1c(C(=O)c2ccc(Br)cc2)c2c3cccc(OC)c3ccn2c1C(F)(F)F. The van der Waals surface area contributed by atoms with Crippen LogP contribution in [0.25, 0.3) is 16.3 Å². The molecule has 0 radical (unpaired) electrons. The fourth-order valence-electron chi connectivity index (χ4n) is 3.80. The molecule has 0 fully saturated rings. The molecule has 0 bridgehead atoms. The Morgan fingerprint density at radius 2 is 1.62 bits per heavy atom. The van der Waals surface area contributed by atoms with E-state index in [4.69, 9.17) is 4.74 Å². The Hall–Kier alpha value is -3.33. The van der Waals surface area contributed by atoms with Crippen LogP contribution in [0.4, 0.5) is 13.2 Å². The summed E-state index contributed by atoms with van der Waals surface area (Å²) in [7, 11) is 2.41. The highest BCUT2D eigenvalue weighted by Crippen LogP contribution is 2.41. The molecular weight excluding hydrogens is 491 g/mol. The molecule has 4 aromatic rings. The second-order valence-corrected chi connectivity index (χ2v) is 7.80. The monoisotopic (exact) mass is 505 g/mol. The number of fused-ring (bicyclic) bond motifs is 3. The molecule has 0 aliphatic carbocycles. The van der Waals surface area contributed by atoms with Gasteiger partial charge in [-0.2, -0.15) is 13.2 Å². The quantitative estimate of drug-likeness (QED) is 0.256. The first kappa shape index (κ1) is 21.9. The van der Waals surface area contributed by atoms with Gasteiger partial charge in [0, 0.05) is 27.0 Å². The molecule has 32 heavy (non-hydrogen) atoms. The van der Waals surface area contributed by atoms with Gasteiger partial charge in [-0.1, -0.05) is 28.1 Å². The van der Waals surface area contributed by atoms with Gasteiger partial charge in [-0.15, -0.1) is 0 Å². The Morgan fingerprint density at radius 3 is 2.22 bits per heavy atom. The van der Waals surface area contributed by atoms with Gasteiger partial charge in [-0.05, 0) is 36.4 Å².